The number of carboxylic acids is 1. The maximum absolute atomic E-state index is 11.1. The Morgan fingerprint density at radius 3 is 2.30 bits per heavy atom. The van der Waals surface area contributed by atoms with Gasteiger partial charge < -0.3 is 15.6 Å². The van der Waals surface area contributed by atoms with Gasteiger partial charge >= 0.3 is 11.9 Å². The van der Waals surface area contributed by atoms with E-state index in [-0.39, 0.29) is 11.5 Å². The Morgan fingerprint density at radius 1 is 1.00 bits per heavy atom. The Kier molecular flexibility index (Phi) is 6.91. The van der Waals surface area contributed by atoms with E-state index in [2.05, 4.69) is 18.6 Å². The predicted molar refractivity (Wildman–Crippen MR) is 118 cm³/mol. The zero-order valence-corrected chi connectivity index (χ0v) is 19.5. The Morgan fingerprint density at radius 2 is 1.67 bits per heavy atom. The van der Waals surface area contributed by atoms with Crippen LogP contribution in [0.1, 0.15) is 97.8 Å². The first-order chi connectivity index (χ1) is 14.1. The molecule has 5 heteroatoms. The number of nitrogens with two attached hydrogens (primary N) is 1. The number of rotatable bonds is 3. The lowest BCUT2D eigenvalue weighted by Crippen LogP contribution is -2.65. The third-order valence-electron chi connectivity index (χ3n) is 10.1. The van der Waals surface area contributed by atoms with Crippen molar-refractivity contribution in [2.75, 3.05) is 7.11 Å². The first-order valence-electron chi connectivity index (χ1n) is 12.1. The van der Waals surface area contributed by atoms with Crippen LogP contribution in [0.25, 0.3) is 0 Å². The molecule has 4 aliphatic rings. The van der Waals surface area contributed by atoms with E-state index in [0.29, 0.717) is 23.2 Å². The smallest absolute Gasteiger partial charge is 0.303 e. The van der Waals surface area contributed by atoms with Crippen LogP contribution in [0.4, 0.5) is 0 Å². The van der Waals surface area contributed by atoms with E-state index in [9.17, 15) is 9.59 Å². The number of hydrogen-bond acceptors (Lipinski definition) is 4. The monoisotopic (exact) mass is 421 g/mol. The fourth-order valence-corrected chi connectivity index (χ4v) is 8.22. The van der Waals surface area contributed by atoms with Gasteiger partial charge in [0.25, 0.3) is 0 Å². The average Bonchev–Trinajstić information content (AvgIpc) is 3.03. The molecule has 0 radical (unpaired) electrons. The molecule has 0 amide bonds. The second kappa shape index (κ2) is 8.80. The van der Waals surface area contributed by atoms with Crippen LogP contribution in [0.2, 0.25) is 0 Å². The molecule has 0 spiro atoms. The number of aliphatic carboxylic acids is 1. The van der Waals surface area contributed by atoms with E-state index < -0.39 is 5.97 Å². The van der Waals surface area contributed by atoms with Crippen LogP contribution < -0.4 is 5.73 Å². The van der Waals surface area contributed by atoms with Crippen molar-refractivity contribution in [3.8, 4) is 0 Å². The second-order valence-corrected chi connectivity index (χ2v) is 11.1. The Bertz CT molecular complexity index is 651. The number of methoxy groups -OCH3 is 1. The first-order valence-corrected chi connectivity index (χ1v) is 12.1. The average molecular weight is 422 g/mol. The van der Waals surface area contributed by atoms with Crippen molar-refractivity contribution < 1.29 is 19.4 Å². The first kappa shape index (κ1) is 23.6. The molecule has 0 heterocycles. The summed E-state index contributed by atoms with van der Waals surface area (Å²) in [7, 11) is 1.35. The van der Waals surface area contributed by atoms with E-state index in [1.54, 1.807) is 0 Å². The Hall–Kier alpha value is -1.10. The number of carbonyl (C=O) groups is 2. The molecule has 0 bridgehead atoms. The van der Waals surface area contributed by atoms with E-state index >= 15 is 0 Å². The molecule has 4 rings (SSSR count). The molecule has 7 atom stereocenters. The van der Waals surface area contributed by atoms with E-state index in [1.807, 2.05) is 0 Å². The number of fused-ring (bicyclic) bond motifs is 5. The van der Waals surface area contributed by atoms with Gasteiger partial charge in [-0.05, 0) is 92.3 Å². The molecule has 30 heavy (non-hydrogen) atoms. The van der Waals surface area contributed by atoms with Crippen LogP contribution in [0.5, 0.6) is 0 Å². The molecule has 5 nitrogen and oxygen atoms in total. The molecule has 0 aromatic heterocycles. The van der Waals surface area contributed by atoms with Gasteiger partial charge in [0.1, 0.15) is 0 Å². The van der Waals surface area contributed by atoms with Gasteiger partial charge in [0.15, 0.2) is 0 Å². The van der Waals surface area contributed by atoms with Crippen LogP contribution in [0.3, 0.4) is 0 Å². The molecular weight excluding hydrogens is 378 g/mol. The maximum atomic E-state index is 11.1. The number of hydrogen-bond donors (Lipinski definition) is 2. The standard InChI is InChI=1S/C22H37NO2.C3H6O2/c1-20-13-10-18-16(17(20)7-5-15(20)6-8-19(24)25)9-14-22(23)12-4-3-11-21(18,22)2;1-3(4)5-2/h15-18H,3-14,23H2,1-2H3,(H,24,25);1-2H3. The van der Waals surface area contributed by atoms with Crippen LogP contribution in [-0.2, 0) is 14.3 Å². The lowest BCUT2D eigenvalue weighted by molar-refractivity contribution is -0.139. The Labute approximate surface area is 182 Å². The summed E-state index contributed by atoms with van der Waals surface area (Å²) in [5.41, 5.74) is 7.83. The Balaban J connectivity index is 0.000000461. The van der Waals surface area contributed by atoms with Gasteiger partial charge in [0.05, 0.1) is 7.11 Å². The minimum absolute atomic E-state index is 0.0848. The molecule has 7 unspecified atom stereocenters. The van der Waals surface area contributed by atoms with Crippen molar-refractivity contribution in [2.45, 2.75) is 103 Å². The molecule has 172 valence electrons. The molecule has 4 aliphatic carbocycles. The molecule has 3 N–H and O–H groups in total. The lowest BCUT2D eigenvalue weighted by Gasteiger charge is -2.64. The highest BCUT2D eigenvalue weighted by atomic mass is 16.5. The van der Waals surface area contributed by atoms with Crippen molar-refractivity contribution in [2.24, 2.45) is 40.2 Å². The minimum Gasteiger partial charge on any atom is -0.481 e. The van der Waals surface area contributed by atoms with Gasteiger partial charge in [-0.15, -0.1) is 0 Å². The number of esters is 1. The van der Waals surface area contributed by atoms with Crippen molar-refractivity contribution in [3.63, 3.8) is 0 Å². The summed E-state index contributed by atoms with van der Waals surface area (Å²) in [4.78, 5) is 20.7. The number of carboxylic acid groups (broad SMARTS) is 1. The van der Waals surface area contributed by atoms with Gasteiger partial charge in [0, 0.05) is 18.9 Å². The van der Waals surface area contributed by atoms with Gasteiger partial charge in [-0.1, -0.05) is 26.7 Å². The highest BCUT2D eigenvalue weighted by molar-refractivity contribution is 5.66. The highest BCUT2D eigenvalue weighted by Gasteiger charge is 2.62. The zero-order chi connectivity index (χ0) is 22.2. The summed E-state index contributed by atoms with van der Waals surface area (Å²) >= 11 is 0. The topological polar surface area (TPSA) is 89.6 Å². The fraction of sp³-hybridized carbons (Fsp3) is 0.920. The molecule has 0 aliphatic heterocycles. The SMILES string of the molecule is CC12CCC3C(CCC4(N)CCCCC34C)C1CCC2CCC(=O)O.COC(C)=O. The third kappa shape index (κ3) is 4.03. The normalized spacial score (nSPS) is 44.6. The van der Waals surface area contributed by atoms with Crippen molar-refractivity contribution in [1.29, 1.82) is 0 Å². The summed E-state index contributed by atoms with van der Waals surface area (Å²) in [6.07, 6.45) is 14.2. The van der Waals surface area contributed by atoms with Gasteiger partial charge in [-0.3, -0.25) is 9.59 Å². The van der Waals surface area contributed by atoms with E-state index in [1.165, 1.54) is 78.2 Å². The van der Waals surface area contributed by atoms with Crippen LogP contribution in [0, 0.1) is 34.5 Å². The summed E-state index contributed by atoms with van der Waals surface area (Å²) in [5, 5.41) is 9.12. The molecule has 0 aromatic carbocycles. The maximum Gasteiger partial charge on any atom is 0.303 e. The molecule has 0 aromatic rings. The van der Waals surface area contributed by atoms with E-state index in [0.717, 1.165) is 24.2 Å². The number of ether oxygens (including phenoxy) is 1. The molecule has 4 fully saturated rings. The predicted octanol–water partition coefficient (Wildman–Crippen LogP) is 5.16. The van der Waals surface area contributed by atoms with Crippen molar-refractivity contribution in [3.05, 3.63) is 0 Å². The largest absolute Gasteiger partial charge is 0.481 e. The molecular formula is C25H43NO4. The van der Waals surface area contributed by atoms with Gasteiger partial charge in [-0.2, -0.15) is 0 Å². The van der Waals surface area contributed by atoms with Gasteiger partial charge in [-0.25, -0.2) is 0 Å². The van der Waals surface area contributed by atoms with Crippen LogP contribution in [0.15, 0.2) is 0 Å². The van der Waals surface area contributed by atoms with Gasteiger partial charge in [0.2, 0.25) is 0 Å². The molecule has 4 saturated carbocycles. The summed E-state index contributed by atoms with van der Waals surface area (Å²) in [5.74, 6) is 2.22. The van der Waals surface area contributed by atoms with E-state index in [4.69, 9.17) is 10.8 Å². The quantitative estimate of drug-likeness (QED) is 0.614. The summed E-state index contributed by atoms with van der Waals surface area (Å²) < 4.78 is 4.11. The highest BCUT2D eigenvalue weighted by Crippen LogP contribution is 2.68. The fourth-order valence-electron chi connectivity index (χ4n) is 8.22. The summed E-state index contributed by atoms with van der Waals surface area (Å²) in [6, 6.07) is 0. The minimum atomic E-state index is -0.624. The lowest BCUT2D eigenvalue weighted by atomic mass is 9.42. The second-order valence-electron chi connectivity index (χ2n) is 11.1. The van der Waals surface area contributed by atoms with Crippen LogP contribution in [-0.4, -0.2) is 29.7 Å². The van der Waals surface area contributed by atoms with Crippen molar-refractivity contribution in [1.82, 2.24) is 0 Å². The summed E-state index contributed by atoms with van der Waals surface area (Å²) in [6.45, 7) is 6.39. The van der Waals surface area contributed by atoms with Crippen molar-refractivity contribution >= 4 is 11.9 Å². The third-order valence-corrected chi connectivity index (χ3v) is 10.1. The number of carbonyl (C=O) groups excluding carboxylic acids is 1. The zero-order valence-electron chi connectivity index (χ0n) is 19.5. The molecule has 0 saturated heterocycles. The van der Waals surface area contributed by atoms with Crippen LogP contribution >= 0.6 is 0 Å².